The number of carbonyl (C=O) groups is 2. The van der Waals surface area contributed by atoms with E-state index in [1.54, 1.807) is 6.20 Å². The minimum absolute atomic E-state index is 0.0750. The Balaban J connectivity index is 1.25. The minimum atomic E-state index is -0.109. The molecule has 7 heteroatoms. The van der Waals surface area contributed by atoms with Crippen LogP contribution in [0.15, 0.2) is 66.9 Å². The highest BCUT2D eigenvalue weighted by Crippen LogP contribution is 2.34. The molecule has 5 aromatic rings. The van der Waals surface area contributed by atoms with Crippen molar-refractivity contribution in [2.75, 3.05) is 5.32 Å². The maximum atomic E-state index is 13.2. The molecule has 6 rings (SSSR count). The van der Waals surface area contributed by atoms with Gasteiger partial charge in [-0.2, -0.15) is 0 Å². The average molecular weight is 509 g/mol. The van der Waals surface area contributed by atoms with Crippen molar-refractivity contribution < 1.29 is 9.59 Å². The van der Waals surface area contributed by atoms with Gasteiger partial charge in [0.2, 0.25) is 5.91 Å². The van der Waals surface area contributed by atoms with Crippen molar-refractivity contribution >= 4 is 49.4 Å². The molecular formula is C30H28N4O2S. The molecule has 0 radical (unpaired) electrons. The molecule has 0 spiro atoms. The molecule has 0 unspecified atom stereocenters. The summed E-state index contributed by atoms with van der Waals surface area (Å²) >= 11 is 1.49. The van der Waals surface area contributed by atoms with Gasteiger partial charge in [0.25, 0.3) is 5.91 Å². The fraction of sp³-hybridized carbons (Fsp3) is 0.233. The Morgan fingerprint density at radius 3 is 2.65 bits per heavy atom. The van der Waals surface area contributed by atoms with Crippen LogP contribution in [0.4, 0.5) is 5.13 Å². The van der Waals surface area contributed by atoms with E-state index < -0.39 is 0 Å². The van der Waals surface area contributed by atoms with Crippen LogP contribution in [-0.4, -0.2) is 21.8 Å². The first-order valence-corrected chi connectivity index (χ1v) is 13.5. The molecule has 2 amide bonds. The van der Waals surface area contributed by atoms with Crippen LogP contribution in [0.3, 0.4) is 0 Å². The van der Waals surface area contributed by atoms with Crippen LogP contribution in [-0.2, 0) is 4.79 Å². The molecular weight excluding hydrogens is 480 g/mol. The molecule has 0 saturated heterocycles. The SMILES string of the molecule is Cc1cccc([C@H](C)NC(=O)c2c[nH]c3ccc(-c4ccc5nc(NC(=O)C6CCC6)sc5c4)cc23)c1. The van der Waals surface area contributed by atoms with Crippen LogP contribution in [0.5, 0.6) is 0 Å². The molecule has 37 heavy (non-hydrogen) atoms. The van der Waals surface area contributed by atoms with E-state index in [0.29, 0.717) is 10.7 Å². The number of fused-ring (bicyclic) bond motifs is 2. The molecule has 0 aliphatic heterocycles. The summed E-state index contributed by atoms with van der Waals surface area (Å²) in [7, 11) is 0. The van der Waals surface area contributed by atoms with E-state index >= 15 is 0 Å². The molecule has 1 saturated carbocycles. The van der Waals surface area contributed by atoms with Crippen molar-refractivity contribution in [1.82, 2.24) is 15.3 Å². The zero-order valence-corrected chi connectivity index (χ0v) is 21.6. The third kappa shape index (κ3) is 4.62. The van der Waals surface area contributed by atoms with Crippen molar-refractivity contribution in [3.05, 3.63) is 83.6 Å². The number of thiazole rings is 1. The number of amides is 2. The first-order chi connectivity index (χ1) is 17.9. The lowest BCUT2D eigenvalue weighted by Gasteiger charge is -2.23. The molecule has 6 nitrogen and oxygen atoms in total. The van der Waals surface area contributed by atoms with Gasteiger partial charge >= 0.3 is 0 Å². The van der Waals surface area contributed by atoms with E-state index in [1.807, 2.05) is 37.3 Å². The molecule has 1 aliphatic carbocycles. The maximum absolute atomic E-state index is 13.2. The average Bonchev–Trinajstić information content (AvgIpc) is 3.45. The number of hydrogen-bond donors (Lipinski definition) is 3. The Morgan fingerprint density at radius 1 is 1.05 bits per heavy atom. The zero-order chi connectivity index (χ0) is 25.5. The molecule has 3 N–H and O–H groups in total. The standard InChI is InChI=1S/C30H28N4O2S/c1-17-5-3-8-20(13-17)18(2)32-29(36)24-16-31-25-11-9-21(14-23(24)25)22-10-12-26-27(15-22)37-30(33-26)34-28(35)19-6-4-7-19/h3,5,8-16,18-19,31H,4,6-7H2,1-2H3,(H,32,36)(H,33,34,35)/t18-/m0/s1. The summed E-state index contributed by atoms with van der Waals surface area (Å²) in [5, 5.41) is 7.64. The van der Waals surface area contributed by atoms with Crippen LogP contribution in [0.2, 0.25) is 0 Å². The normalized spacial score (nSPS) is 14.4. The van der Waals surface area contributed by atoms with Crippen molar-refractivity contribution in [1.29, 1.82) is 0 Å². The second kappa shape index (κ2) is 9.48. The van der Waals surface area contributed by atoms with Gasteiger partial charge < -0.3 is 15.6 Å². The number of benzene rings is 3. The number of carbonyl (C=O) groups excluding carboxylic acids is 2. The van der Waals surface area contributed by atoms with Crippen molar-refractivity contribution in [3.8, 4) is 11.1 Å². The first-order valence-electron chi connectivity index (χ1n) is 12.6. The summed E-state index contributed by atoms with van der Waals surface area (Å²) in [5.74, 6) is 0.0926. The number of aryl methyl sites for hydroxylation is 1. The summed E-state index contributed by atoms with van der Waals surface area (Å²) in [6.07, 6.45) is 4.83. The lowest BCUT2D eigenvalue weighted by molar-refractivity contribution is -0.122. The molecule has 186 valence electrons. The highest BCUT2D eigenvalue weighted by molar-refractivity contribution is 7.22. The summed E-state index contributed by atoms with van der Waals surface area (Å²) in [6.45, 7) is 4.05. The summed E-state index contributed by atoms with van der Waals surface area (Å²) in [4.78, 5) is 33.4. The minimum Gasteiger partial charge on any atom is -0.360 e. The number of nitrogens with one attached hydrogen (secondary N) is 3. The molecule has 1 fully saturated rings. The van der Waals surface area contributed by atoms with E-state index in [0.717, 1.165) is 57.1 Å². The lowest BCUT2D eigenvalue weighted by atomic mass is 9.85. The van der Waals surface area contributed by atoms with E-state index in [1.165, 1.54) is 16.9 Å². The van der Waals surface area contributed by atoms with E-state index in [2.05, 4.69) is 57.9 Å². The highest BCUT2D eigenvalue weighted by atomic mass is 32.1. The molecule has 0 bridgehead atoms. The smallest absolute Gasteiger partial charge is 0.253 e. The second-order valence-electron chi connectivity index (χ2n) is 9.89. The third-order valence-corrected chi connectivity index (χ3v) is 8.18. The number of hydrogen-bond acceptors (Lipinski definition) is 4. The maximum Gasteiger partial charge on any atom is 0.253 e. The van der Waals surface area contributed by atoms with Crippen LogP contribution in [0.25, 0.3) is 32.2 Å². The number of anilines is 1. The molecule has 3 aromatic carbocycles. The largest absolute Gasteiger partial charge is 0.360 e. The van der Waals surface area contributed by atoms with Gasteiger partial charge in [0, 0.05) is 23.0 Å². The Hall–Kier alpha value is -3.97. The molecule has 1 aliphatic rings. The fourth-order valence-corrected chi connectivity index (χ4v) is 5.73. The van der Waals surface area contributed by atoms with Crippen molar-refractivity contribution in [2.45, 2.75) is 39.2 Å². The Labute approximate surface area is 219 Å². The Kier molecular flexibility index (Phi) is 6.00. The van der Waals surface area contributed by atoms with Gasteiger partial charge in [0.1, 0.15) is 0 Å². The molecule has 1 atom stereocenters. The van der Waals surface area contributed by atoms with Gasteiger partial charge in [-0.25, -0.2) is 4.98 Å². The van der Waals surface area contributed by atoms with Gasteiger partial charge in [-0.1, -0.05) is 59.7 Å². The van der Waals surface area contributed by atoms with Gasteiger partial charge in [0.15, 0.2) is 5.13 Å². The topological polar surface area (TPSA) is 86.9 Å². The van der Waals surface area contributed by atoms with Crippen molar-refractivity contribution in [3.63, 3.8) is 0 Å². The van der Waals surface area contributed by atoms with Crippen LogP contribution < -0.4 is 10.6 Å². The van der Waals surface area contributed by atoms with E-state index in [9.17, 15) is 9.59 Å². The number of nitrogens with zero attached hydrogens (tertiary/aromatic N) is 1. The Bertz CT molecular complexity index is 1650. The molecule has 2 heterocycles. The highest BCUT2D eigenvalue weighted by Gasteiger charge is 2.26. The van der Waals surface area contributed by atoms with E-state index in [-0.39, 0.29) is 23.8 Å². The monoisotopic (exact) mass is 508 g/mol. The van der Waals surface area contributed by atoms with Crippen molar-refractivity contribution in [2.24, 2.45) is 5.92 Å². The summed E-state index contributed by atoms with van der Waals surface area (Å²) in [6, 6.07) is 20.3. The number of aromatic amines is 1. The first kappa shape index (κ1) is 23.4. The number of aromatic nitrogens is 2. The van der Waals surface area contributed by atoms with E-state index in [4.69, 9.17) is 0 Å². The quantitative estimate of drug-likeness (QED) is 0.231. The van der Waals surface area contributed by atoms with Crippen LogP contribution in [0.1, 0.15) is 53.7 Å². The summed E-state index contributed by atoms with van der Waals surface area (Å²) in [5.41, 5.74) is 6.70. The predicted molar refractivity (Wildman–Crippen MR) is 150 cm³/mol. The van der Waals surface area contributed by atoms with Crippen LogP contribution >= 0.6 is 11.3 Å². The van der Waals surface area contributed by atoms with Gasteiger partial charge in [0.05, 0.1) is 21.8 Å². The fourth-order valence-electron chi connectivity index (χ4n) is 4.82. The third-order valence-electron chi connectivity index (χ3n) is 7.24. The predicted octanol–water partition coefficient (Wildman–Crippen LogP) is 6.98. The Morgan fingerprint density at radius 2 is 1.86 bits per heavy atom. The number of H-pyrrole nitrogens is 1. The van der Waals surface area contributed by atoms with Gasteiger partial charge in [-0.3, -0.25) is 9.59 Å². The number of rotatable bonds is 6. The van der Waals surface area contributed by atoms with Crippen LogP contribution in [0, 0.1) is 12.8 Å². The zero-order valence-electron chi connectivity index (χ0n) is 20.8. The lowest BCUT2D eigenvalue weighted by Crippen LogP contribution is -2.27. The van der Waals surface area contributed by atoms with Gasteiger partial charge in [-0.15, -0.1) is 0 Å². The summed E-state index contributed by atoms with van der Waals surface area (Å²) < 4.78 is 1.01. The second-order valence-corrected chi connectivity index (χ2v) is 10.9. The molecule has 2 aromatic heterocycles. The van der Waals surface area contributed by atoms with Gasteiger partial charge in [-0.05, 0) is 67.6 Å².